The first-order valence-electron chi connectivity index (χ1n) is 7.45. The van der Waals surface area contributed by atoms with Crippen molar-refractivity contribution in [1.82, 2.24) is 9.80 Å². The second-order valence-electron chi connectivity index (χ2n) is 6.85. The van der Waals surface area contributed by atoms with Gasteiger partial charge in [0.25, 0.3) is 0 Å². The van der Waals surface area contributed by atoms with Gasteiger partial charge in [0.05, 0.1) is 6.42 Å². The van der Waals surface area contributed by atoms with Gasteiger partial charge >= 0.3 is 0 Å². The van der Waals surface area contributed by atoms with E-state index >= 15 is 0 Å². The molecule has 0 aliphatic heterocycles. The summed E-state index contributed by atoms with van der Waals surface area (Å²) in [5, 5.41) is 0. The Kier molecular flexibility index (Phi) is 5.45. The van der Waals surface area contributed by atoms with Crippen molar-refractivity contribution < 1.29 is 4.79 Å². The van der Waals surface area contributed by atoms with Crippen LogP contribution >= 0.6 is 0 Å². The zero-order valence-corrected chi connectivity index (χ0v) is 13.5. The van der Waals surface area contributed by atoms with Gasteiger partial charge in [0, 0.05) is 32.9 Å². The van der Waals surface area contributed by atoms with E-state index in [1.54, 1.807) is 0 Å². The Morgan fingerprint density at radius 3 is 2.21 bits per heavy atom. The van der Waals surface area contributed by atoms with E-state index in [4.69, 9.17) is 0 Å². The first kappa shape index (κ1) is 16.1. The molecule has 19 heavy (non-hydrogen) atoms. The molecular formula is C16H30N2O. The van der Waals surface area contributed by atoms with Crippen LogP contribution in [0.2, 0.25) is 0 Å². The summed E-state index contributed by atoms with van der Waals surface area (Å²) in [5.41, 5.74) is 2.57. The second kappa shape index (κ2) is 6.44. The van der Waals surface area contributed by atoms with E-state index in [1.807, 2.05) is 7.05 Å². The summed E-state index contributed by atoms with van der Waals surface area (Å²) in [6.07, 6.45) is 4.25. The Morgan fingerprint density at radius 1 is 1.11 bits per heavy atom. The maximum Gasteiger partial charge on any atom is 0.186 e. The third-order valence-electron chi connectivity index (χ3n) is 3.85. The Hall–Kier alpha value is -0.990. The Balaban J connectivity index is 2.45. The topological polar surface area (TPSA) is 23.6 Å². The maximum absolute atomic E-state index is 11.8. The van der Waals surface area contributed by atoms with Crippen molar-refractivity contribution in [3.05, 3.63) is 11.4 Å². The highest BCUT2D eigenvalue weighted by Gasteiger charge is 2.31. The minimum absolute atomic E-state index is 0.300. The van der Waals surface area contributed by atoms with Gasteiger partial charge in [-0.1, -0.05) is 27.2 Å². The Bertz CT molecular complexity index is 352. The molecule has 0 radical (unpaired) electrons. The van der Waals surface area contributed by atoms with Gasteiger partial charge in [-0.3, -0.25) is 4.79 Å². The van der Waals surface area contributed by atoms with Crippen molar-refractivity contribution in [3.63, 3.8) is 0 Å². The molecule has 0 atom stereocenters. The fourth-order valence-electron chi connectivity index (χ4n) is 2.43. The molecule has 0 aromatic carbocycles. The summed E-state index contributed by atoms with van der Waals surface area (Å²) in [4.78, 5) is 16.1. The second-order valence-corrected chi connectivity index (χ2v) is 6.85. The number of nitrogens with zero attached hydrogens (tertiary/aromatic N) is 2. The number of allylic oxidation sites excluding steroid dienone is 2. The van der Waals surface area contributed by atoms with Gasteiger partial charge < -0.3 is 9.80 Å². The molecule has 0 aromatic rings. The number of unbranched alkanes of at least 4 members (excludes halogenated alkanes) is 1. The van der Waals surface area contributed by atoms with Crippen LogP contribution < -0.4 is 0 Å². The van der Waals surface area contributed by atoms with Crippen LogP contribution in [0.5, 0.6) is 0 Å². The van der Waals surface area contributed by atoms with Crippen LogP contribution in [-0.2, 0) is 4.79 Å². The van der Waals surface area contributed by atoms with E-state index in [1.165, 1.54) is 18.5 Å². The van der Waals surface area contributed by atoms with E-state index in [9.17, 15) is 4.79 Å². The molecular weight excluding hydrogens is 236 g/mol. The number of ketones is 1. The van der Waals surface area contributed by atoms with Crippen molar-refractivity contribution in [1.29, 1.82) is 0 Å². The van der Waals surface area contributed by atoms with Crippen LogP contribution in [0.4, 0.5) is 0 Å². The zero-order valence-electron chi connectivity index (χ0n) is 13.5. The van der Waals surface area contributed by atoms with Gasteiger partial charge in [0.2, 0.25) is 0 Å². The van der Waals surface area contributed by atoms with Gasteiger partial charge in [0.1, 0.15) is 5.70 Å². The number of Topliss-reactive ketones (excluding diaryl/α,β-unsaturated/α-hetero) is 1. The average Bonchev–Trinajstić information content (AvgIpc) is 2.29. The first-order chi connectivity index (χ1) is 8.76. The lowest BCUT2D eigenvalue weighted by atomic mass is 9.90. The molecule has 0 amide bonds. The van der Waals surface area contributed by atoms with Gasteiger partial charge in [-0.15, -0.1) is 0 Å². The molecule has 0 N–H and O–H groups in total. The normalized spacial score (nSPS) is 15.6. The van der Waals surface area contributed by atoms with Crippen LogP contribution in [0, 0.1) is 5.41 Å². The minimum atomic E-state index is 0.300. The van der Waals surface area contributed by atoms with Crippen molar-refractivity contribution >= 4 is 5.78 Å². The van der Waals surface area contributed by atoms with E-state index in [-0.39, 0.29) is 0 Å². The molecule has 0 saturated carbocycles. The largest absolute Gasteiger partial charge is 0.376 e. The van der Waals surface area contributed by atoms with Crippen LogP contribution in [0.15, 0.2) is 11.4 Å². The summed E-state index contributed by atoms with van der Waals surface area (Å²) in [6.45, 7) is 10.9. The molecule has 0 bridgehead atoms. The number of rotatable bonds is 7. The fourth-order valence-corrected chi connectivity index (χ4v) is 2.43. The van der Waals surface area contributed by atoms with Crippen LogP contribution in [0.3, 0.4) is 0 Å². The zero-order chi connectivity index (χ0) is 14.6. The lowest BCUT2D eigenvalue weighted by Gasteiger charge is -2.35. The molecule has 0 saturated heterocycles. The molecule has 110 valence electrons. The van der Waals surface area contributed by atoms with E-state index < -0.39 is 0 Å². The molecule has 3 heteroatoms. The van der Waals surface area contributed by atoms with Crippen LogP contribution in [0.25, 0.3) is 0 Å². The van der Waals surface area contributed by atoms with Crippen molar-refractivity contribution in [2.24, 2.45) is 5.41 Å². The molecule has 0 fully saturated rings. The number of likely N-dealkylation sites (N-methyl/N-ethyl adjacent to an activating group) is 1. The number of carbonyl (C=O) groups excluding carboxylic acids is 1. The van der Waals surface area contributed by atoms with Crippen LogP contribution in [0.1, 0.15) is 53.4 Å². The van der Waals surface area contributed by atoms with E-state index in [2.05, 4.69) is 44.5 Å². The van der Waals surface area contributed by atoms with Crippen molar-refractivity contribution in [3.8, 4) is 0 Å². The predicted octanol–water partition coefficient (Wildman–Crippen LogP) is 3.27. The molecule has 1 aliphatic carbocycles. The fraction of sp³-hybridized carbons (Fsp3) is 0.812. The first-order valence-corrected chi connectivity index (χ1v) is 7.45. The third-order valence-corrected chi connectivity index (χ3v) is 3.85. The van der Waals surface area contributed by atoms with E-state index in [0.29, 0.717) is 17.6 Å². The summed E-state index contributed by atoms with van der Waals surface area (Å²) >= 11 is 0. The number of hydrogen-bond acceptors (Lipinski definition) is 3. The summed E-state index contributed by atoms with van der Waals surface area (Å²) in [7, 11) is 4.11. The molecule has 1 rings (SSSR count). The molecule has 0 heterocycles. The van der Waals surface area contributed by atoms with Crippen molar-refractivity contribution in [2.45, 2.75) is 53.4 Å². The van der Waals surface area contributed by atoms with Gasteiger partial charge in [-0.2, -0.15) is 0 Å². The average molecular weight is 266 g/mol. The molecule has 0 unspecified atom stereocenters. The number of hydrogen-bond donors (Lipinski definition) is 0. The maximum atomic E-state index is 11.8. The smallest absolute Gasteiger partial charge is 0.186 e. The highest BCUT2D eigenvalue weighted by Crippen LogP contribution is 2.29. The standard InChI is InChI=1S/C16H30N2O/c1-7-17(5)13-12-14(19)15(13)18(6)11-9-8-10-16(2,3)4/h7-12H2,1-6H3. The molecule has 3 nitrogen and oxygen atoms in total. The Labute approximate surface area is 118 Å². The van der Waals surface area contributed by atoms with Gasteiger partial charge in [0.15, 0.2) is 5.78 Å². The van der Waals surface area contributed by atoms with Gasteiger partial charge in [-0.05, 0) is 25.2 Å². The lowest BCUT2D eigenvalue weighted by Crippen LogP contribution is -2.38. The highest BCUT2D eigenvalue weighted by molar-refractivity contribution is 6.03. The van der Waals surface area contributed by atoms with Crippen molar-refractivity contribution in [2.75, 3.05) is 27.2 Å². The van der Waals surface area contributed by atoms with Crippen LogP contribution in [-0.4, -0.2) is 42.8 Å². The SMILES string of the molecule is CCN(C)C1=C(N(C)CCCCC(C)(C)C)C(=O)C1. The molecule has 0 aromatic heterocycles. The summed E-state index contributed by atoms with van der Waals surface area (Å²) < 4.78 is 0. The molecule has 1 aliphatic rings. The summed E-state index contributed by atoms with van der Waals surface area (Å²) in [5.74, 6) is 0.300. The predicted molar refractivity (Wildman–Crippen MR) is 80.9 cm³/mol. The quantitative estimate of drug-likeness (QED) is 0.661. The molecule has 0 spiro atoms. The minimum Gasteiger partial charge on any atom is -0.376 e. The highest BCUT2D eigenvalue weighted by atomic mass is 16.1. The Morgan fingerprint density at radius 2 is 1.74 bits per heavy atom. The monoisotopic (exact) mass is 266 g/mol. The third kappa shape index (κ3) is 4.55. The van der Waals surface area contributed by atoms with E-state index in [0.717, 1.165) is 25.2 Å². The number of carbonyl (C=O) groups is 1. The lowest BCUT2D eigenvalue weighted by molar-refractivity contribution is -0.119. The summed E-state index contributed by atoms with van der Waals surface area (Å²) in [6, 6.07) is 0. The van der Waals surface area contributed by atoms with Gasteiger partial charge in [-0.25, -0.2) is 0 Å².